The first-order chi connectivity index (χ1) is 21.2. The molecular weight excluding hydrogens is 536 g/mol. The van der Waals surface area contributed by atoms with Crippen LogP contribution >= 0.6 is 0 Å². The van der Waals surface area contributed by atoms with E-state index >= 15 is 0 Å². The number of nitrogens with two attached hydrogens (primary N) is 1. The molecule has 0 aliphatic carbocycles. The molecule has 10 nitrogen and oxygen atoms in total. The summed E-state index contributed by atoms with van der Waals surface area (Å²) in [6, 6.07) is 28.5. The van der Waals surface area contributed by atoms with Crippen molar-refractivity contribution in [1.82, 2.24) is 34.4 Å². The minimum Gasteiger partial charge on any atom is -0.383 e. The summed E-state index contributed by atoms with van der Waals surface area (Å²) in [5.74, 6) is 1.32. The summed E-state index contributed by atoms with van der Waals surface area (Å²) >= 11 is 0. The first-order valence-electron chi connectivity index (χ1n) is 14.1. The molecule has 1 aliphatic heterocycles. The van der Waals surface area contributed by atoms with Crippen molar-refractivity contribution in [2.45, 2.75) is 6.54 Å². The van der Waals surface area contributed by atoms with E-state index in [0.717, 1.165) is 72.1 Å². The lowest BCUT2D eigenvalue weighted by Gasteiger charge is -2.35. The van der Waals surface area contributed by atoms with E-state index in [9.17, 15) is 0 Å². The Morgan fingerprint density at radius 3 is 2.26 bits per heavy atom. The molecule has 1 fully saturated rings. The van der Waals surface area contributed by atoms with Gasteiger partial charge in [0.15, 0.2) is 11.5 Å². The molecule has 0 amide bonds. The number of fused-ring (bicyclic) bond motifs is 1. The van der Waals surface area contributed by atoms with Gasteiger partial charge in [0.1, 0.15) is 17.4 Å². The van der Waals surface area contributed by atoms with E-state index in [2.05, 4.69) is 65.7 Å². The minimum atomic E-state index is 0.193. The Morgan fingerprint density at radius 1 is 0.767 bits per heavy atom. The maximum Gasteiger partial charge on any atom is 0.232 e. The molecule has 4 aromatic heterocycles. The van der Waals surface area contributed by atoms with Crippen LogP contribution in [0.3, 0.4) is 0 Å². The lowest BCUT2D eigenvalue weighted by atomic mass is 10.1. The van der Waals surface area contributed by atoms with Gasteiger partial charge in [-0.15, -0.1) is 0 Å². The third-order valence-corrected chi connectivity index (χ3v) is 7.73. The maximum absolute atomic E-state index is 8.95. The van der Waals surface area contributed by atoms with Crippen molar-refractivity contribution >= 4 is 22.7 Å². The smallest absolute Gasteiger partial charge is 0.232 e. The Hall–Kier alpha value is -5.66. The van der Waals surface area contributed by atoms with Gasteiger partial charge < -0.3 is 10.6 Å². The lowest BCUT2D eigenvalue weighted by molar-refractivity contribution is 0.250. The summed E-state index contributed by atoms with van der Waals surface area (Å²) in [6.45, 7) is 4.44. The van der Waals surface area contributed by atoms with Crippen molar-refractivity contribution in [3.8, 4) is 34.4 Å². The van der Waals surface area contributed by atoms with Gasteiger partial charge in [0.25, 0.3) is 0 Å². The second-order valence-corrected chi connectivity index (χ2v) is 10.4. The number of aromatic nitrogens is 6. The molecule has 10 heteroatoms. The fourth-order valence-electron chi connectivity index (χ4n) is 5.47. The number of nitrogen functional groups attached to an aromatic ring is 1. The minimum absolute atomic E-state index is 0.193. The molecule has 6 aromatic rings. The van der Waals surface area contributed by atoms with Gasteiger partial charge in [-0.2, -0.15) is 5.26 Å². The van der Waals surface area contributed by atoms with Crippen molar-refractivity contribution in [2.24, 2.45) is 0 Å². The van der Waals surface area contributed by atoms with Gasteiger partial charge in [-0.1, -0.05) is 42.5 Å². The Morgan fingerprint density at radius 2 is 1.53 bits per heavy atom. The maximum atomic E-state index is 8.95. The van der Waals surface area contributed by atoms with Crippen molar-refractivity contribution in [3.05, 3.63) is 109 Å². The van der Waals surface area contributed by atoms with Crippen LogP contribution in [-0.2, 0) is 6.54 Å². The highest BCUT2D eigenvalue weighted by Gasteiger charge is 2.20. The monoisotopic (exact) mass is 564 g/mol. The molecule has 0 atom stereocenters. The molecule has 0 unspecified atom stereocenters. The molecular formula is C33H28N10. The van der Waals surface area contributed by atoms with E-state index in [1.165, 1.54) is 5.56 Å². The molecule has 0 bridgehead atoms. The van der Waals surface area contributed by atoms with Crippen LogP contribution in [0.4, 0.5) is 11.5 Å². The molecule has 210 valence electrons. The van der Waals surface area contributed by atoms with Gasteiger partial charge in [-0.05, 0) is 42.0 Å². The topological polar surface area (TPSA) is 126 Å². The van der Waals surface area contributed by atoms with Crippen molar-refractivity contribution < 1.29 is 0 Å². The van der Waals surface area contributed by atoms with Crippen molar-refractivity contribution in [2.75, 3.05) is 36.8 Å². The van der Waals surface area contributed by atoms with Gasteiger partial charge in [-0.25, -0.2) is 24.9 Å². The van der Waals surface area contributed by atoms with Gasteiger partial charge >= 0.3 is 0 Å². The van der Waals surface area contributed by atoms with Gasteiger partial charge in [0.2, 0.25) is 5.82 Å². The molecule has 0 radical (unpaired) electrons. The van der Waals surface area contributed by atoms with Crippen LogP contribution in [0, 0.1) is 11.3 Å². The molecule has 1 aliphatic rings. The third-order valence-electron chi connectivity index (χ3n) is 7.73. The zero-order valence-electron chi connectivity index (χ0n) is 23.4. The SMILES string of the molecule is N#Cc1ncc(N2CCN(Cc3ccc(-n4c(-c5cccnc5N)nc5ccc(-c6ccccc6)nc54)cc3)CC2)cn1. The second-order valence-electron chi connectivity index (χ2n) is 10.4. The zero-order valence-corrected chi connectivity index (χ0v) is 23.4. The van der Waals surface area contributed by atoms with Crippen LogP contribution in [0.25, 0.3) is 39.5 Å². The quantitative estimate of drug-likeness (QED) is 0.306. The fraction of sp³-hybridized carbons (Fsp3) is 0.152. The van der Waals surface area contributed by atoms with E-state index in [4.69, 9.17) is 21.0 Å². The molecule has 5 heterocycles. The Kier molecular flexibility index (Phi) is 6.91. The van der Waals surface area contributed by atoms with E-state index in [1.54, 1.807) is 18.6 Å². The number of anilines is 2. The number of piperazine rings is 1. The normalized spacial score (nSPS) is 13.7. The number of nitrogens with zero attached hydrogens (tertiary/aromatic N) is 9. The number of hydrogen-bond acceptors (Lipinski definition) is 9. The van der Waals surface area contributed by atoms with E-state index < -0.39 is 0 Å². The van der Waals surface area contributed by atoms with Crippen LogP contribution in [-0.4, -0.2) is 60.6 Å². The molecule has 0 saturated carbocycles. The van der Waals surface area contributed by atoms with Gasteiger partial charge in [-0.3, -0.25) is 9.47 Å². The average Bonchev–Trinajstić information content (AvgIpc) is 3.45. The zero-order chi connectivity index (χ0) is 29.2. The number of nitriles is 1. The number of benzene rings is 2. The predicted molar refractivity (Wildman–Crippen MR) is 166 cm³/mol. The highest BCUT2D eigenvalue weighted by atomic mass is 15.3. The van der Waals surface area contributed by atoms with Crippen LogP contribution < -0.4 is 10.6 Å². The molecule has 1 saturated heterocycles. The standard InChI is InChI=1S/C33H28N10/c34-19-30-37-20-26(21-38-30)42-17-15-41(16-18-42)22-23-8-10-25(11-9-23)43-32(27-7-4-14-36-31(27)35)40-29-13-12-28(39-33(29)43)24-5-2-1-3-6-24/h1-14,20-21H,15-18,22H2,(H2,35,36). The van der Waals surface area contributed by atoms with Gasteiger partial charge in [0.05, 0.1) is 29.3 Å². The van der Waals surface area contributed by atoms with E-state index in [0.29, 0.717) is 11.6 Å². The highest BCUT2D eigenvalue weighted by molar-refractivity contribution is 5.84. The summed E-state index contributed by atoms with van der Waals surface area (Å²) in [5, 5.41) is 8.95. The molecule has 7 rings (SSSR count). The summed E-state index contributed by atoms with van der Waals surface area (Å²) in [6.07, 6.45) is 5.14. The Labute approximate surface area is 248 Å². The molecule has 0 spiro atoms. The highest BCUT2D eigenvalue weighted by Crippen LogP contribution is 2.32. The van der Waals surface area contributed by atoms with E-state index in [-0.39, 0.29) is 5.82 Å². The second kappa shape index (κ2) is 11.3. The molecule has 2 aromatic carbocycles. The van der Waals surface area contributed by atoms with Crippen LogP contribution in [0.2, 0.25) is 0 Å². The Bertz CT molecular complexity index is 1920. The number of rotatable bonds is 6. The summed E-state index contributed by atoms with van der Waals surface area (Å²) in [7, 11) is 0. The van der Waals surface area contributed by atoms with E-state index in [1.807, 2.05) is 48.5 Å². The van der Waals surface area contributed by atoms with Gasteiger partial charge in [0, 0.05) is 50.2 Å². The molecule has 2 N–H and O–H groups in total. The van der Waals surface area contributed by atoms with Crippen molar-refractivity contribution in [1.29, 1.82) is 5.26 Å². The van der Waals surface area contributed by atoms with Crippen LogP contribution in [0.1, 0.15) is 11.4 Å². The fourth-order valence-corrected chi connectivity index (χ4v) is 5.47. The summed E-state index contributed by atoms with van der Waals surface area (Å²) in [4.78, 5) is 27.2. The molecule has 43 heavy (non-hydrogen) atoms. The first kappa shape index (κ1) is 26.3. The van der Waals surface area contributed by atoms with Crippen LogP contribution in [0.5, 0.6) is 0 Å². The summed E-state index contributed by atoms with van der Waals surface area (Å²) < 4.78 is 2.07. The Balaban J connectivity index is 1.16. The summed E-state index contributed by atoms with van der Waals surface area (Å²) in [5.41, 5.74) is 13.7. The predicted octanol–water partition coefficient (Wildman–Crippen LogP) is 4.72. The number of pyridine rings is 2. The number of hydrogen-bond donors (Lipinski definition) is 1. The lowest BCUT2D eigenvalue weighted by Crippen LogP contribution is -2.46. The largest absolute Gasteiger partial charge is 0.383 e. The van der Waals surface area contributed by atoms with Crippen LogP contribution in [0.15, 0.2) is 97.5 Å². The number of imidazole rings is 1. The average molecular weight is 565 g/mol. The first-order valence-corrected chi connectivity index (χ1v) is 14.1. The third kappa shape index (κ3) is 5.25. The van der Waals surface area contributed by atoms with Crippen molar-refractivity contribution in [3.63, 3.8) is 0 Å².